The summed E-state index contributed by atoms with van der Waals surface area (Å²) >= 11 is 0. The van der Waals surface area contributed by atoms with Gasteiger partial charge in [-0.25, -0.2) is 0 Å². The van der Waals surface area contributed by atoms with Crippen LogP contribution in [0.3, 0.4) is 0 Å². The van der Waals surface area contributed by atoms with Crippen LogP contribution in [0, 0.1) is 12.3 Å². The van der Waals surface area contributed by atoms with E-state index in [1.807, 2.05) is 30.3 Å². The molecule has 0 saturated heterocycles. The lowest BCUT2D eigenvalue weighted by Gasteiger charge is -2.32. The summed E-state index contributed by atoms with van der Waals surface area (Å²) in [6, 6.07) is 7.06. The first-order valence-electron chi connectivity index (χ1n) is 7.44. The Bertz CT molecular complexity index is 718. The molecule has 2 amide bonds. The Labute approximate surface area is 140 Å². The number of rotatable bonds is 5. The minimum Gasteiger partial charge on any atom is -0.456 e. The molecule has 0 bridgehead atoms. The second-order valence-corrected chi connectivity index (χ2v) is 5.23. The average molecular weight is 326 g/mol. The van der Waals surface area contributed by atoms with Crippen LogP contribution in [0.4, 0.5) is 0 Å². The van der Waals surface area contributed by atoms with E-state index in [1.54, 1.807) is 6.20 Å². The van der Waals surface area contributed by atoms with Crippen molar-refractivity contribution in [1.29, 1.82) is 0 Å². The molecule has 24 heavy (non-hydrogen) atoms. The first-order valence-corrected chi connectivity index (χ1v) is 7.44. The highest BCUT2D eigenvalue weighted by molar-refractivity contribution is 5.82. The van der Waals surface area contributed by atoms with Crippen LogP contribution in [0.5, 0.6) is 0 Å². The van der Waals surface area contributed by atoms with Crippen LogP contribution in [0.15, 0.2) is 30.5 Å². The third-order valence-corrected chi connectivity index (χ3v) is 3.58. The molecule has 124 valence electrons. The van der Waals surface area contributed by atoms with E-state index in [1.165, 1.54) is 11.8 Å². The van der Waals surface area contributed by atoms with Crippen molar-refractivity contribution in [3.05, 3.63) is 41.6 Å². The lowest BCUT2D eigenvalue weighted by Crippen LogP contribution is -2.33. The first kappa shape index (κ1) is 17.3. The molecular formula is C18H18N2O4. The van der Waals surface area contributed by atoms with Crippen molar-refractivity contribution in [3.63, 3.8) is 0 Å². The molecule has 0 unspecified atom stereocenters. The number of fused-ring (bicyclic) bond motifs is 1. The van der Waals surface area contributed by atoms with Gasteiger partial charge in [0.2, 0.25) is 5.91 Å². The zero-order valence-electron chi connectivity index (χ0n) is 13.3. The zero-order chi connectivity index (χ0) is 17.5. The van der Waals surface area contributed by atoms with Gasteiger partial charge in [0.05, 0.1) is 19.0 Å². The predicted octanol–water partition coefficient (Wildman–Crippen LogP) is 1.24. The maximum absolute atomic E-state index is 12.1. The fourth-order valence-corrected chi connectivity index (χ4v) is 2.48. The summed E-state index contributed by atoms with van der Waals surface area (Å²) in [5.74, 6) is 1.05. The van der Waals surface area contributed by atoms with Crippen molar-refractivity contribution >= 4 is 23.9 Å². The molecule has 1 heterocycles. The van der Waals surface area contributed by atoms with Gasteiger partial charge in [-0.1, -0.05) is 30.2 Å². The number of carbonyl (C=O) groups excluding carboxylic acids is 3. The third-order valence-electron chi connectivity index (χ3n) is 3.58. The fraction of sp³-hybridized carbons (Fsp3) is 0.278. The number of amides is 2. The number of esters is 1. The summed E-state index contributed by atoms with van der Waals surface area (Å²) in [4.78, 5) is 36.8. The van der Waals surface area contributed by atoms with E-state index >= 15 is 0 Å². The van der Waals surface area contributed by atoms with Crippen molar-refractivity contribution < 1.29 is 19.1 Å². The van der Waals surface area contributed by atoms with Crippen molar-refractivity contribution in [2.24, 2.45) is 0 Å². The average Bonchev–Trinajstić information content (AvgIpc) is 2.58. The molecular weight excluding hydrogens is 308 g/mol. The molecule has 1 aromatic carbocycles. The second-order valence-electron chi connectivity index (χ2n) is 5.23. The standard InChI is InChI=1S/C18H18N2O4/c1-3-9-19-17(22)12-24-18(23)11-16-15-7-5-4-6-14(15)8-10-20(16)13(2)21/h1,4-8,10,16H,9,11-12H2,2H3,(H,19,22)/t16-/m1/s1. The Morgan fingerprint density at radius 3 is 2.79 bits per heavy atom. The van der Waals surface area contributed by atoms with Crippen LogP contribution >= 0.6 is 0 Å². The number of carbonyl (C=O) groups is 3. The normalized spacial score (nSPS) is 15.2. The second kappa shape index (κ2) is 7.97. The monoisotopic (exact) mass is 326 g/mol. The summed E-state index contributed by atoms with van der Waals surface area (Å²) in [6.07, 6.45) is 8.47. The highest BCUT2D eigenvalue weighted by Crippen LogP contribution is 2.32. The minimum atomic E-state index is -0.563. The van der Waals surface area contributed by atoms with E-state index in [-0.39, 0.29) is 18.9 Å². The van der Waals surface area contributed by atoms with E-state index in [0.29, 0.717) is 0 Å². The Kier molecular flexibility index (Phi) is 5.74. The van der Waals surface area contributed by atoms with Crippen LogP contribution in [0.2, 0.25) is 0 Å². The molecule has 1 aliphatic rings. The van der Waals surface area contributed by atoms with Gasteiger partial charge in [0.1, 0.15) is 0 Å². The van der Waals surface area contributed by atoms with Crippen LogP contribution in [0.25, 0.3) is 6.08 Å². The summed E-state index contributed by atoms with van der Waals surface area (Å²) in [5.41, 5.74) is 1.81. The molecule has 1 atom stereocenters. The van der Waals surface area contributed by atoms with Gasteiger partial charge in [-0.05, 0) is 17.2 Å². The molecule has 2 rings (SSSR count). The highest BCUT2D eigenvalue weighted by atomic mass is 16.5. The molecule has 6 nitrogen and oxygen atoms in total. The Morgan fingerprint density at radius 1 is 1.33 bits per heavy atom. The quantitative estimate of drug-likeness (QED) is 0.652. The summed E-state index contributed by atoms with van der Waals surface area (Å²) in [5, 5.41) is 2.41. The number of benzene rings is 1. The van der Waals surface area contributed by atoms with Crippen molar-refractivity contribution in [3.8, 4) is 12.3 Å². The van der Waals surface area contributed by atoms with Crippen molar-refractivity contribution in [2.75, 3.05) is 13.2 Å². The fourth-order valence-electron chi connectivity index (χ4n) is 2.48. The van der Waals surface area contributed by atoms with Crippen molar-refractivity contribution in [2.45, 2.75) is 19.4 Å². The van der Waals surface area contributed by atoms with Crippen LogP contribution in [0.1, 0.15) is 30.5 Å². The number of hydrogen-bond acceptors (Lipinski definition) is 4. The Morgan fingerprint density at radius 2 is 2.08 bits per heavy atom. The summed E-state index contributed by atoms with van der Waals surface area (Å²) in [7, 11) is 0. The van der Waals surface area contributed by atoms with Gasteiger partial charge in [-0.2, -0.15) is 0 Å². The third kappa shape index (κ3) is 4.23. The number of terminal acetylenes is 1. The van der Waals surface area contributed by atoms with Gasteiger partial charge in [-0.15, -0.1) is 6.42 Å². The van der Waals surface area contributed by atoms with Crippen LogP contribution < -0.4 is 5.32 Å². The predicted molar refractivity (Wildman–Crippen MR) is 88.2 cm³/mol. The maximum Gasteiger partial charge on any atom is 0.308 e. The highest BCUT2D eigenvalue weighted by Gasteiger charge is 2.28. The molecule has 0 radical (unpaired) electrons. The number of ether oxygens (including phenoxy) is 1. The first-order chi connectivity index (χ1) is 11.5. The van der Waals surface area contributed by atoms with E-state index in [4.69, 9.17) is 11.2 Å². The minimum absolute atomic E-state index is 0.0383. The lowest BCUT2D eigenvalue weighted by molar-refractivity contribution is -0.150. The van der Waals surface area contributed by atoms with Gasteiger partial charge in [0.25, 0.3) is 5.91 Å². The molecule has 0 fully saturated rings. The summed E-state index contributed by atoms with van der Waals surface area (Å²) < 4.78 is 4.97. The van der Waals surface area contributed by atoms with E-state index in [9.17, 15) is 14.4 Å². The molecule has 0 aromatic heterocycles. The Hall–Kier alpha value is -3.07. The Balaban J connectivity index is 2.04. The van der Waals surface area contributed by atoms with Gasteiger partial charge in [0, 0.05) is 13.1 Å². The SMILES string of the molecule is C#CCNC(=O)COC(=O)C[C@@H]1c2ccccc2C=CN1C(C)=O. The molecule has 6 heteroatoms. The van der Waals surface area contributed by atoms with Gasteiger partial charge in [0.15, 0.2) is 6.61 Å². The van der Waals surface area contributed by atoms with Gasteiger partial charge < -0.3 is 15.0 Å². The van der Waals surface area contributed by atoms with Gasteiger partial charge in [-0.3, -0.25) is 14.4 Å². The van der Waals surface area contributed by atoms with E-state index in [0.717, 1.165) is 11.1 Å². The van der Waals surface area contributed by atoms with E-state index in [2.05, 4.69) is 11.2 Å². The molecule has 1 aromatic rings. The molecule has 0 saturated carbocycles. The van der Waals surface area contributed by atoms with Crippen molar-refractivity contribution in [1.82, 2.24) is 10.2 Å². The van der Waals surface area contributed by atoms with Crippen LogP contribution in [-0.2, 0) is 19.1 Å². The number of nitrogens with zero attached hydrogens (tertiary/aromatic N) is 1. The lowest BCUT2D eigenvalue weighted by atomic mass is 9.94. The topological polar surface area (TPSA) is 75.7 Å². The molecule has 1 N–H and O–H groups in total. The zero-order valence-corrected chi connectivity index (χ0v) is 13.3. The number of nitrogens with one attached hydrogen (secondary N) is 1. The number of hydrogen-bond donors (Lipinski definition) is 1. The van der Waals surface area contributed by atoms with Crippen LogP contribution in [-0.4, -0.2) is 35.8 Å². The van der Waals surface area contributed by atoms with Gasteiger partial charge >= 0.3 is 5.97 Å². The maximum atomic E-state index is 12.1. The van der Waals surface area contributed by atoms with E-state index < -0.39 is 24.5 Å². The summed E-state index contributed by atoms with van der Waals surface area (Å²) in [6.45, 7) is 1.12. The smallest absolute Gasteiger partial charge is 0.308 e. The molecule has 0 spiro atoms. The largest absolute Gasteiger partial charge is 0.456 e. The molecule has 1 aliphatic heterocycles. The molecule has 0 aliphatic carbocycles.